The van der Waals surface area contributed by atoms with Crippen molar-refractivity contribution in [1.82, 2.24) is 0 Å². The van der Waals surface area contributed by atoms with Gasteiger partial charge in [0, 0.05) is 13.0 Å². The molecule has 1 heterocycles. The van der Waals surface area contributed by atoms with Crippen LogP contribution in [0.2, 0.25) is 0 Å². The number of carbonyl (C=O) groups excluding carboxylic acids is 2. The normalized spacial score (nSPS) is 15.4. The number of nitro benzene ring substituents is 1. The maximum atomic E-state index is 11.9. The van der Waals surface area contributed by atoms with Gasteiger partial charge in [0.1, 0.15) is 10.1 Å². The number of nitrogens with zero attached hydrogens (tertiary/aromatic N) is 2. The van der Waals surface area contributed by atoms with Crippen LogP contribution in [0.3, 0.4) is 0 Å². The Morgan fingerprint density at radius 2 is 2.17 bits per heavy atom. The highest BCUT2D eigenvalue weighted by Crippen LogP contribution is 2.39. The van der Waals surface area contributed by atoms with Gasteiger partial charge in [-0.25, -0.2) is 4.99 Å². The molecule has 1 aliphatic rings. The zero-order valence-corrected chi connectivity index (χ0v) is 14.5. The van der Waals surface area contributed by atoms with E-state index in [4.69, 9.17) is 9.47 Å². The van der Waals surface area contributed by atoms with Crippen molar-refractivity contribution in [2.24, 2.45) is 4.99 Å². The van der Waals surface area contributed by atoms with Crippen molar-refractivity contribution >= 4 is 50.7 Å². The minimum Gasteiger partial charge on any atom is -0.493 e. The summed E-state index contributed by atoms with van der Waals surface area (Å²) in [5, 5.41) is 11.0. The standard InChI is InChI=1S/C14H12N2O6S2/c1-7(17)22-12-10(16(19)20)5-8(6-11(12)21-2)4-9-13(18)24-14(15-9)23-3/h4-6H,1-3H3/b9-4-. The van der Waals surface area contributed by atoms with Crippen LogP contribution in [0.25, 0.3) is 6.08 Å². The van der Waals surface area contributed by atoms with Gasteiger partial charge in [-0.05, 0) is 35.7 Å². The Labute approximate surface area is 145 Å². The van der Waals surface area contributed by atoms with E-state index in [0.717, 1.165) is 18.7 Å². The quantitative estimate of drug-likeness (QED) is 0.262. The number of aliphatic imine (C=N–C) groups is 1. The van der Waals surface area contributed by atoms with Crippen LogP contribution in [0.1, 0.15) is 12.5 Å². The number of rotatable bonds is 4. The van der Waals surface area contributed by atoms with Gasteiger partial charge in [0.05, 0.1) is 12.0 Å². The lowest BCUT2D eigenvalue weighted by molar-refractivity contribution is -0.385. The molecule has 1 aliphatic heterocycles. The molecule has 0 unspecified atom stereocenters. The molecule has 0 saturated heterocycles. The summed E-state index contributed by atoms with van der Waals surface area (Å²) < 4.78 is 10.6. The Balaban J connectivity index is 2.55. The van der Waals surface area contributed by atoms with E-state index in [2.05, 4.69) is 4.99 Å². The minimum absolute atomic E-state index is 0.0124. The summed E-state index contributed by atoms with van der Waals surface area (Å²) in [7, 11) is 1.30. The van der Waals surface area contributed by atoms with Crippen molar-refractivity contribution in [3.8, 4) is 11.5 Å². The molecule has 24 heavy (non-hydrogen) atoms. The number of thioether (sulfide) groups is 2. The molecule has 126 valence electrons. The monoisotopic (exact) mass is 368 g/mol. The van der Waals surface area contributed by atoms with E-state index in [1.807, 2.05) is 0 Å². The molecule has 1 aromatic rings. The van der Waals surface area contributed by atoms with E-state index in [1.54, 1.807) is 6.26 Å². The predicted octanol–water partition coefficient (Wildman–Crippen LogP) is 2.86. The summed E-state index contributed by atoms with van der Waals surface area (Å²) in [6, 6.07) is 2.63. The molecule has 8 nitrogen and oxygen atoms in total. The van der Waals surface area contributed by atoms with Crippen LogP contribution in [0.5, 0.6) is 11.5 Å². The molecule has 0 saturated carbocycles. The predicted molar refractivity (Wildman–Crippen MR) is 92.5 cm³/mol. The Morgan fingerprint density at radius 1 is 1.46 bits per heavy atom. The average molecular weight is 368 g/mol. The number of ether oxygens (including phenoxy) is 2. The topological polar surface area (TPSA) is 108 Å². The summed E-state index contributed by atoms with van der Waals surface area (Å²) in [6.07, 6.45) is 3.22. The summed E-state index contributed by atoms with van der Waals surface area (Å²) in [6.45, 7) is 1.13. The SMILES string of the molecule is COc1cc(/C=C2\N=C(SC)SC2=O)cc([N+](=O)[O-])c1OC(C)=O. The third-order valence-corrected chi connectivity index (χ3v) is 4.65. The first-order valence-corrected chi connectivity index (χ1v) is 8.51. The van der Waals surface area contributed by atoms with Crippen LogP contribution >= 0.6 is 23.5 Å². The molecule has 0 atom stereocenters. The van der Waals surface area contributed by atoms with Crippen molar-refractivity contribution in [1.29, 1.82) is 0 Å². The van der Waals surface area contributed by atoms with Crippen LogP contribution in [-0.2, 0) is 9.59 Å². The second-order valence-corrected chi connectivity index (χ2v) is 6.44. The highest BCUT2D eigenvalue weighted by molar-refractivity contribution is 8.45. The number of methoxy groups -OCH3 is 1. The minimum atomic E-state index is -0.709. The zero-order valence-electron chi connectivity index (χ0n) is 12.9. The second-order valence-electron chi connectivity index (χ2n) is 4.42. The van der Waals surface area contributed by atoms with Crippen LogP contribution in [0.4, 0.5) is 5.69 Å². The van der Waals surface area contributed by atoms with Crippen LogP contribution < -0.4 is 9.47 Å². The fourth-order valence-electron chi connectivity index (χ4n) is 1.86. The Bertz CT molecular complexity index is 788. The molecular formula is C14H12N2O6S2. The molecule has 0 aromatic heterocycles. The van der Waals surface area contributed by atoms with Gasteiger partial charge in [-0.3, -0.25) is 19.7 Å². The lowest BCUT2D eigenvalue weighted by Crippen LogP contribution is -2.06. The van der Waals surface area contributed by atoms with Crippen molar-refractivity contribution < 1.29 is 24.0 Å². The third kappa shape index (κ3) is 3.95. The molecule has 10 heteroatoms. The number of esters is 1. The number of hydrogen-bond donors (Lipinski definition) is 0. The lowest BCUT2D eigenvalue weighted by Gasteiger charge is -2.09. The Morgan fingerprint density at radius 3 is 2.67 bits per heavy atom. The summed E-state index contributed by atoms with van der Waals surface area (Å²) in [5.41, 5.74) is 0.0778. The number of benzene rings is 1. The van der Waals surface area contributed by atoms with E-state index in [0.29, 0.717) is 9.94 Å². The maximum absolute atomic E-state index is 11.9. The van der Waals surface area contributed by atoms with Crippen molar-refractivity contribution in [3.05, 3.63) is 33.5 Å². The summed E-state index contributed by atoms with van der Waals surface area (Å²) >= 11 is 2.33. The molecule has 1 aromatic carbocycles. The maximum Gasteiger partial charge on any atom is 0.316 e. The van der Waals surface area contributed by atoms with Gasteiger partial charge in [-0.2, -0.15) is 0 Å². The molecule has 0 N–H and O–H groups in total. The third-order valence-electron chi connectivity index (χ3n) is 2.80. The van der Waals surface area contributed by atoms with Gasteiger partial charge in [0.25, 0.3) is 0 Å². The van der Waals surface area contributed by atoms with E-state index in [-0.39, 0.29) is 22.3 Å². The number of carbonyl (C=O) groups is 2. The molecule has 0 bridgehead atoms. The number of hydrogen-bond acceptors (Lipinski definition) is 9. The smallest absolute Gasteiger partial charge is 0.316 e. The fraction of sp³-hybridized carbons (Fsp3) is 0.214. The summed E-state index contributed by atoms with van der Waals surface area (Å²) in [4.78, 5) is 37.7. The first kappa shape index (κ1) is 18.0. The molecular weight excluding hydrogens is 356 g/mol. The van der Waals surface area contributed by atoms with Gasteiger partial charge in [-0.1, -0.05) is 0 Å². The van der Waals surface area contributed by atoms with E-state index >= 15 is 0 Å². The van der Waals surface area contributed by atoms with Gasteiger partial charge in [0.2, 0.25) is 10.9 Å². The molecule has 0 amide bonds. The molecule has 0 aliphatic carbocycles. The van der Waals surface area contributed by atoms with E-state index in [9.17, 15) is 19.7 Å². The van der Waals surface area contributed by atoms with Gasteiger partial charge < -0.3 is 9.47 Å². The first-order chi connectivity index (χ1) is 11.3. The van der Waals surface area contributed by atoms with Crippen molar-refractivity contribution in [3.63, 3.8) is 0 Å². The molecule has 2 rings (SSSR count). The highest BCUT2D eigenvalue weighted by Gasteiger charge is 2.25. The molecule has 0 fully saturated rings. The van der Waals surface area contributed by atoms with Crippen molar-refractivity contribution in [2.45, 2.75) is 6.92 Å². The second kappa shape index (κ2) is 7.49. The van der Waals surface area contributed by atoms with Crippen LogP contribution in [-0.4, -0.2) is 33.7 Å². The highest BCUT2D eigenvalue weighted by atomic mass is 32.2. The Kier molecular flexibility index (Phi) is 5.62. The van der Waals surface area contributed by atoms with Crippen LogP contribution in [0.15, 0.2) is 22.8 Å². The van der Waals surface area contributed by atoms with Crippen LogP contribution in [0, 0.1) is 10.1 Å². The largest absolute Gasteiger partial charge is 0.493 e. The van der Waals surface area contributed by atoms with Gasteiger partial charge in [-0.15, -0.1) is 11.8 Å². The molecule has 0 radical (unpaired) electrons. The Hall–Kier alpha value is -2.33. The lowest BCUT2D eigenvalue weighted by atomic mass is 10.1. The average Bonchev–Trinajstić information content (AvgIpc) is 2.87. The zero-order chi connectivity index (χ0) is 17.9. The number of nitro groups is 1. The van der Waals surface area contributed by atoms with Gasteiger partial charge in [0.15, 0.2) is 5.75 Å². The first-order valence-electron chi connectivity index (χ1n) is 6.47. The van der Waals surface area contributed by atoms with Gasteiger partial charge >= 0.3 is 11.7 Å². The fourth-order valence-corrected chi connectivity index (χ4v) is 3.12. The van der Waals surface area contributed by atoms with E-state index < -0.39 is 16.6 Å². The molecule has 0 spiro atoms. The van der Waals surface area contributed by atoms with E-state index in [1.165, 1.54) is 37.1 Å². The van der Waals surface area contributed by atoms with Crippen molar-refractivity contribution in [2.75, 3.05) is 13.4 Å². The summed E-state index contributed by atoms with van der Waals surface area (Å²) in [5.74, 6) is -0.977.